The molecular formula is C16H50N2O2Si3. The molecule has 0 saturated carbocycles. The molecule has 23 heavy (non-hydrogen) atoms. The molecule has 0 aromatic heterocycles. The highest BCUT2D eigenvalue weighted by Crippen LogP contribution is 2.25. The Morgan fingerprint density at radius 3 is 1.43 bits per heavy atom. The predicted octanol–water partition coefficient (Wildman–Crippen LogP) is 5.24. The fraction of sp³-hybridized carbons (Fsp3) is 1.00. The van der Waals surface area contributed by atoms with E-state index >= 15 is 0 Å². The van der Waals surface area contributed by atoms with Crippen LogP contribution in [0.25, 0.3) is 0 Å². The average molecular weight is 387 g/mol. The molecule has 0 aliphatic carbocycles. The molecular weight excluding hydrogens is 336 g/mol. The third-order valence-electron chi connectivity index (χ3n) is 2.35. The number of rotatable bonds is 10. The second kappa shape index (κ2) is 14.8. The zero-order valence-electron chi connectivity index (χ0n) is 13.9. The van der Waals surface area contributed by atoms with Crippen molar-refractivity contribution < 1.29 is 8.23 Å². The van der Waals surface area contributed by atoms with Gasteiger partial charge >= 0.3 is 8.56 Å². The largest absolute Gasteiger partial charge is 0.437 e. The Hall–Kier alpha value is 0.491. The summed E-state index contributed by atoms with van der Waals surface area (Å²) in [6.07, 6.45) is 1.11. The summed E-state index contributed by atoms with van der Waals surface area (Å²) in [5.41, 5.74) is 5.47. The Labute approximate surface area is 152 Å². The predicted molar refractivity (Wildman–Crippen MR) is 119 cm³/mol. The highest BCUT2D eigenvalue weighted by Gasteiger charge is 2.39. The summed E-state index contributed by atoms with van der Waals surface area (Å²) in [5, 5.41) is 3.34. The minimum Gasteiger partial charge on any atom is -0.437 e. The minimum atomic E-state index is -2.03. The fourth-order valence-electron chi connectivity index (χ4n) is 2.18. The highest BCUT2D eigenvalue weighted by molar-refractivity contribution is 6.87. The first-order chi connectivity index (χ1) is 8.47. The zero-order valence-corrected chi connectivity index (χ0v) is 16.9. The van der Waals surface area contributed by atoms with Crippen LogP contribution in [0.15, 0.2) is 0 Å². The molecule has 0 atom stereocenters. The van der Waals surface area contributed by atoms with Crippen LogP contribution in [0, 0.1) is 0 Å². The first kappa shape index (κ1) is 34.8. The summed E-state index contributed by atoms with van der Waals surface area (Å²) >= 11 is 0. The maximum absolute atomic E-state index is 6.45. The van der Waals surface area contributed by atoms with Gasteiger partial charge in [0.15, 0.2) is 16.6 Å². The van der Waals surface area contributed by atoms with Crippen LogP contribution < -0.4 is 11.1 Å². The van der Waals surface area contributed by atoms with E-state index in [1.807, 2.05) is 0 Å². The lowest BCUT2D eigenvalue weighted by atomic mass is 10.5. The van der Waals surface area contributed by atoms with Gasteiger partial charge in [-0.05, 0) is 64.8 Å². The van der Waals surface area contributed by atoms with Crippen molar-refractivity contribution in [2.45, 2.75) is 88.0 Å². The van der Waals surface area contributed by atoms with E-state index in [-0.39, 0.29) is 29.7 Å². The summed E-state index contributed by atoms with van der Waals surface area (Å²) in [5.74, 6) is 0. The molecule has 3 N–H and O–H groups in total. The van der Waals surface area contributed by atoms with Gasteiger partial charge in [0, 0.05) is 13.1 Å². The van der Waals surface area contributed by atoms with E-state index in [9.17, 15) is 0 Å². The molecule has 0 fully saturated rings. The third-order valence-corrected chi connectivity index (χ3v) is 12.0. The van der Waals surface area contributed by atoms with Gasteiger partial charge in [0.1, 0.15) is 0 Å². The number of hydrogen-bond donors (Lipinski definition) is 2. The standard InChI is InChI=1S/C12H34N2O2Si3.4CH4/c1-17(2,3)15-19(7,16-18(4,5)6)12-8-10-14-11-9-13;;;;/h14H,8-13H2,1-7H3;4*1H4. The SMILES string of the molecule is C.C.C.C.C[Si](C)(C)O[Si](C)(CCCNCCN)O[Si](C)(C)C. The Balaban J connectivity index is -0.000000270. The van der Waals surface area contributed by atoms with Crippen molar-refractivity contribution in [1.82, 2.24) is 5.32 Å². The van der Waals surface area contributed by atoms with Gasteiger partial charge in [0.2, 0.25) is 0 Å². The van der Waals surface area contributed by atoms with Gasteiger partial charge in [-0.1, -0.05) is 29.7 Å². The van der Waals surface area contributed by atoms with E-state index in [4.69, 9.17) is 14.0 Å². The molecule has 148 valence electrons. The average Bonchev–Trinajstić information content (AvgIpc) is 2.10. The molecule has 0 radical (unpaired) electrons. The van der Waals surface area contributed by atoms with E-state index in [2.05, 4.69) is 51.1 Å². The second-order valence-corrected chi connectivity index (χ2v) is 20.1. The monoisotopic (exact) mass is 386 g/mol. The second-order valence-electron chi connectivity index (χ2n) is 7.20. The Kier molecular flexibility index (Phi) is 22.4. The van der Waals surface area contributed by atoms with E-state index in [1.54, 1.807) is 0 Å². The molecule has 0 aliphatic rings. The van der Waals surface area contributed by atoms with Crippen LogP contribution in [0.4, 0.5) is 0 Å². The van der Waals surface area contributed by atoms with Gasteiger partial charge in [-0.2, -0.15) is 0 Å². The van der Waals surface area contributed by atoms with Crippen LogP contribution in [0.1, 0.15) is 36.1 Å². The summed E-state index contributed by atoms with van der Waals surface area (Å²) in [6.45, 7) is 18.3. The van der Waals surface area contributed by atoms with Crippen LogP contribution in [-0.4, -0.2) is 44.8 Å². The van der Waals surface area contributed by atoms with E-state index in [0.29, 0.717) is 6.54 Å². The summed E-state index contributed by atoms with van der Waals surface area (Å²) in [4.78, 5) is 0. The first-order valence-electron chi connectivity index (χ1n) is 7.29. The van der Waals surface area contributed by atoms with Crippen LogP contribution in [0.3, 0.4) is 0 Å². The van der Waals surface area contributed by atoms with E-state index in [0.717, 1.165) is 25.6 Å². The molecule has 0 bridgehead atoms. The molecule has 0 aliphatic heterocycles. The van der Waals surface area contributed by atoms with Crippen molar-refractivity contribution in [3.63, 3.8) is 0 Å². The van der Waals surface area contributed by atoms with Crippen molar-refractivity contribution in [3.8, 4) is 0 Å². The van der Waals surface area contributed by atoms with E-state index < -0.39 is 25.2 Å². The maximum Gasteiger partial charge on any atom is 0.314 e. The lowest BCUT2D eigenvalue weighted by molar-refractivity contribution is 0.381. The van der Waals surface area contributed by atoms with Crippen LogP contribution in [0.5, 0.6) is 0 Å². The molecule has 0 unspecified atom stereocenters. The van der Waals surface area contributed by atoms with Gasteiger partial charge in [0.05, 0.1) is 0 Å². The molecule has 4 nitrogen and oxygen atoms in total. The number of nitrogens with two attached hydrogens (primary N) is 1. The third kappa shape index (κ3) is 22.5. The number of hydrogen-bond acceptors (Lipinski definition) is 4. The Bertz CT molecular complexity index is 239. The van der Waals surface area contributed by atoms with Gasteiger partial charge in [-0.3, -0.25) is 0 Å². The van der Waals surface area contributed by atoms with Crippen molar-refractivity contribution in [1.29, 1.82) is 0 Å². The van der Waals surface area contributed by atoms with Crippen LogP contribution in [-0.2, 0) is 8.23 Å². The summed E-state index contributed by atoms with van der Waals surface area (Å²) in [7, 11) is -5.13. The number of nitrogens with one attached hydrogen (secondary N) is 1. The van der Waals surface area contributed by atoms with Crippen molar-refractivity contribution in [2.24, 2.45) is 5.73 Å². The lowest BCUT2D eigenvalue weighted by Gasteiger charge is -2.38. The van der Waals surface area contributed by atoms with Gasteiger partial charge in [0.25, 0.3) is 0 Å². The molecule has 7 heteroatoms. The normalized spacial score (nSPS) is 11.5. The molecule has 0 aromatic carbocycles. The molecule has 0 spiro atoms. The summed E-state index contributed by atoms with van der Waals surface area (Å²) < 4.78 is 12.9. The van der Waals surface area contributed by atoms with Gasteiger partial charge < -0.3 is 19.3 Å². The van der Waals surface area contributed by atoms with Gasteiger partial charge in [-0.15, -0.1) is 0 Å². The Morgan fingerprint density at radius 2 is 1.13 bits per heavy atom. The van der Waals surface area contributed by atoms with Crippen molar-refractivity contribution in [3.05, 3.63) is 0 Å². The van der Waals surface area contributed by atoms with Crippen LogP contribution >= 0.6 is 0 Å². The molecule has 0 rings (SSSR count). The smallest absolute Gasteiger partial charge is 0.314 e. The van der Waals surface area contributed by atoms with Crippen molar-refractivity contribution in [2.75, 3.05) is 19.6 Å². The van der Waals surface area contributed by atoms with E-state index in [1.165, 1.54) is 0 Å². The summed E-state index contributed by atoms with van der Waals surface area (Å²) in [6, 6.07) is 1.07. The zero-order chi connectivity index (χ0) is 15.2. The van der Waals surface area contributed by atoms with Crippen LogP contribution in [0.2, 0.25) is 51.9 Å². The molecule has 0 aromatic rings. The Morgan fingerprint density at radius 1 is 0.739 bits per heavy atom. The lowest BCUT2D eigenvalue weighted by Crippen LogP contribution is -2.52. The highest BCUT2D eigenvalue weighted by atomic mass is 28.5. The molecule has 0 heterocycles. The van der Waals surface area contributed by atoms with Crippen molar-refractivity contribution >= 4 is 25.2 Å². The molecule has 0 saturated heterocycles. The fourth-order valence-corrected chi connectivity index (χ4v) is 14.7. The first-order valence-corrected chi connectivity index (χ1v) is 16.6. The maximum atomic E-state index is 6.45. The molecule has 0 amide bonds. The minimum absolute atomic E-state index is 0. The quantitative estimate of drug-likeness (QED) is 0.398. The van der Waals surface area contributed by atoms with Gasteiger partial charge in [-0.25, -0.2) is 0 Å². The topological polar surface area (TPSA) is 56.5 Å².